The minimum absolute atomic E-state index is 0.100. The highest BCUT2D eigenvalue weighted by molar-refractivity contribution is 7.98. The molecule has 0 aliphatic rings. The average Bonchev–Trinajstić information content (AvgIpc) is 2.46. The second kappa shape index (κ2) is 5.57. The number of fused-ring (bicyclic) bond motifs is 1. The summed E-state index contributed by atoms with van der Waals surface area (Å²) in [7, 11) is 0. The number of hydrogen-bond acceptors (Lipinski definition) is 4. The van der Waals surface area contributed by atoms with E-state index in [1.165, 1.54) is 24.0 Å². The number of aromatic nitrogens is 3. The molecule has 6 heteroatoms. The molecular formula is C15H13N3O2S. The Bertz CT molecular complexity index is 861. The molecule has 106 valence electrons. The van der Waals surface area contributed by atoms with E-state index in [0.717, 1.165) is 10.4 Å². The van der Waals surface area contributed by atoms with Gasteiger partial charge in [-0.15, -0.1) is 0 Å². The first kappa shape index (κ1) is 13.6. The summed E-state index contributed by atoms with van der Waals surface area (Å²) in [5, 5.41) is 12.2. The van der Waals surface area contributed by atoms with Crippen LogP contribution in [-0.2, 0) is 5.75 Å². The standard InChI is InChI=1S/C15H13N3O2S/c1-11-5-4-6-13-16-12(9-14(19)18(11)13)10-21-15-7-2-3-8-17(15)20/h2-9H,10H2,1H3. The monoisotopic (exact) mass is 299 g/mol. The van der Waals surface area contributed by atoms with E-state index in [1.807, 2.05) is 25.1 Å². The third-order valence-electron chi connectivity index (χ3n) is 3.09. The van der Waals surface area contributed by atoms with Gasteiger partial charge >= 0.3 is 0 Å². The van der Waals surface area contributed by atoms with Crippen molar-refractivity contribution >= 4 is 17.4 Å². The van der Waals surface area contributed by atoms with Gasteiger partial charge in [-0.05, 0) is 36.9 Å². The second-order valence-corrected chi connectivity index (χ2v) is 5.60. The Morgan fingerprint density at radius 3 is 2.95 bits per heavy atom. The van der Waals surface area contributed by atoms with E-state index in [-0.39, 0.29) is 5.56 Å². The lowest BCUT2D eigenvalue weighted by Gasteiger charge is -2.06. The summed E-state index contributed by atoms with van der Waals surface area (Å²) in [6.07, 6.45) is 1.45. The molecule has 0 N–H and O–H groups in total. The van der Waals surface area contributed by atoms with Crippen molar-refractivity contribution in [2.75, 3.05) is 0 Å². The van der Waals surface area contributed by atoms with E-state index in [4.69, 9.17) is 0 Å². The maximum absolute atomic E-state index is 12.1. The third kappa shape index (κ3) is 2.75. The first-order valence-electron chi connectivity index (χ1n) is 6.44. The van der Waals surface area contributed by atoms with E-state index in [9.17, 15) is 10.0 Å². The lowest BCUT2D eigenvalue weighted by atomic mass is 10.3. The molecule has 5 nitrogen and oxygen atoms in total. The molecule has 0 radical (unpaired) electrons. The molecule has 0 aromatic carbocycles. The Labute approximate surface area is 125 Å². The molecule has 21 heavy (non-hydrogen) atoms. The molecule has 3 heterocycles. The van der Waals surface area contributed by atoms with Gasteiger partial charge in [0.1, 0.15) is 5.65 Å². The zero-order chi connectivity index (χ0) is 14.8. The van der Waals surface area contributed by atoms with Gasteiger partial charge in [0.15, 0.2) is 6.20 Å². The van der Waals surface area contributed by atoms with Crippen molar-refractivity contribution in [2.24, 2.45) is 0 Å². The average molecular weight is 299 g/mol. The molecule has 0 saturated carbocycles. The predicted octanol–water partition coefficient (Wildman–Crippen LogP) is 1.93. The van der Waals surface area contributed by atoms with Crippen molar-refractivity contribution in [3.8, 4) is 0 Å². The summed E-state index contributed by atoms with van der Waals surface area (Å²) < 4.78 is 2.38. The van der Waals surface area contributed by atoms with Crippen molar-refractivity contribution in [1.29, 1.82) is 0 Å². The molecule has 0 amide bonds. The Kier molecular flexibility index (Phi) is 3.62. The summed E-state index contributed by atoms with van der Waals surface area (Å²) in [6.45, 7) is 1.87. The van der Waals surface area contributed by atoms with Gasteiger partial charge in [0.25, 0.3) is 10.6 Å². The largest absolute Gasteiger partial charge is 0.618 e. The van der Waals surface area contributed by atoms with Crippen LogP contribution in [0.4, 0.5) is 0 Å². The van der Waals surface area contributed by atoms with E-state index in [1.54, 1.807) is 22.6 Å². The molecule has 0 aliphatic heterocycles. The molecule has 3 aromatic heterocycles. The van der Waals surface area contributed by atoms with Crippen LogP contribution in [0, 0.1) is 12.1 Å². The Morgan fingerprint density at radius 1 is 1.29 bits per heavy atom. The van der Waals surface area contributed by atoms with Gasteiger partial charge < -0.3 is 5.21 Å². The first-order valence-corrected chi connectivity index (χ1v) is 7.43. The minimum atomic E-state index is -0.100. The van der Waals surface area contributed by atoms with Gasteiger partial charge in [-0.2, -0.15) is 4.73 Å². The van der Waals surface area contributed by atoms with Crippen molar-refractivity contribution in [3.05, 3.63) is 75.6 Å². The Morgan fingerprint density at radius 2 is 2.14 bits per heavy atom. The molecule has 0 fully saturated rings. The van der Waals surface area contributed by atoms with Crippen LogP contribution in [0.2, 0.25) is 0 Å². The Hall–Kier alpha value is -2.34. The summed E-state index contributed by atoms with van der Waals surface area (Å²) in [5.41, 5.74) is 2.04. The lowest BCUT2D eigenvalue weighted by molar-refractivity contribution is -0.645. The smallest absolute Gasteiger partial charge is 0.258 e. The molecule has 3 aromatic rings. The van der Waals surface area contributed by atoms with Crippen LogP contribution < -0.4 is 10.3 Å². The molecule has 0 bridgehead atoms. The van der Waals surface area contributed by atoms with Crippen LogP contribution in [0.1, 0.15) is 11.4 Å². The number of rotatable bonds is 3. The lowest BCUT2D eigenvalue weighted by Crippen LogP contribution is -2.27. The number of thioether (sulfide) groups is 1. The number of pyridine rings is 2. The normalized spacial score (nSPS) is 10.9. The topological polar surface area (TPSA) is 61.3 Å². The first-order chi connectivity index (χ1) is 10.1. The summed E-state index contributed by atoms with van der Waals surface area (Å²) >= 11 is 1.36. The molecule has 0 atom stereocenters. The quantitative estimate of drug-likeness (QED) is 0.421. The molecule has 3 rings (SSSR count). The van der Waals surface area contributed by atoms with Gasteiger partial charge in [-0.3, -0.25) is 9.20 Å². The van der Waals surface area contributed by atoms with Crippen LogP contribution >= 0.6 is 11.8 Å². The van der Waals surface area contributed by atoms with E-state index >= 15 is 0 Å². The van der Waals surface area contributed by atoms with Crippen molar-refractivity contribution < 1.29 is 4.73 Å². The fourth-order valence-electron chi connectivity index (χ4n) is 2.11. The molecule has 0 saturated heterocycles. The van der Waals surface area contributed by atoms with Gasteiger partial charge in [0.2, 0.25) is 0 Å². The van der Waals surface area contributed by atoms with Crippen LogP contribution in [-0.4, -0.2) is 9.38 Å². The van der Waals surface area contributed by atoms with Crippen molar-refractivity contribution in [1.82, 2.24) is 9.38 Å². The number of hydrogen-bond donors (Lipinski definition) is 0. The summed E-state index contributed by atoms with van der Waals surface area (Å²) in [6, 6.07) is 12.3. The van der Waals surface area contributed by atoms with E-state index in [0.29, 0.717) is 22.1 Å². The number of nitrogens with zero attached hydrogens (tertiary/aromatic N) is 3. The Balaban J connectivity index is 1.92. The van der Waals surface area contributed by atoms with Gasteiger partial charge in [0, 0.05) is 29.6 Å². The molecule has 0 aliphatic carbocycles. The maximum Gasteiger partial charge on any atom is 0.258 e. The van der Waals surface area contributed by atoms with E-state index < -0.39 is 0 Å². The highest BCUT2D eigenvalue weighted by atomic mass is 32.2. The van der Waals surface area contributed by atoms with Gasteiger partial charge in [-0.25, -0.2) is 4.98 Å². The van der Waals surface area contributed by atoms with Crippen LogP contribution in [0.5, 0.6) is 0 Å². The zero-order valence-corrected chi connectivity index (χ0v) is 12.2. The van der Waals surface area contributed by atoms with Crippen molar-refractivity contribution in [3.63, 3.8) is 0 Å². The van der Waals surface area contributed by atoms with Crippen LogP contribution in [0.3, 0.4) is 0 Å². The predicted molar refractivity (Wildman–Crippen MR) is 81.2 cm³/mol. The van der Waals surface area contributed by atoms with Crippen LogP contribution in [0.15, 0.2) is 58.5 Å². The van der Waals surface area contributed by atoms with Crippen molar-refractivity contribution in [2.45, 2.75) is 17.7 Å². The second-order valence-electron chi connectivity index (χ2n) is 4.60. The maximum atomic E-state index is 12.1. The van der Waals surface area contributed by atoms with Crippen LogP contribution in [0.25, 0.3) is 5.65 Å². The fourth-order valence-corrected chi connectivity index (χ4v) is 2.92. The summed E-state index contributed by atoms with van der Waals surface area (Å²) in [4.78, 5) is 16.6. The SMILES string of the molecule is Cc1cccc2nc(CSc3cccc[n+]3[O-])cc(=O)n12. The molecular weight excluding hydrogens is 286 g/mol. The number of aryl methyl sites for hydroxylation is 1. The van der Waals surface area contributed by atoms with E-state index in [2.05, 4.69) is 4.98 Å². The van der Waals surface area contributed by atoms with Gasteiger partial charge in [0.05, 0.1) is 5.69 Å². The highest BCUT2D eigenvalue weighted by Gasteiger charge is 2.08. The molecule has 0 unspecified atom stereocenters. The highest BCUT2D eigenvalue weighted by Crippen LogP contribution is 2.17. The zero-order valence-electron chi connectivity index (χ0n) is 11.4. The third-order valence-corrected chi connectivity index (χ3v) is 4.14. The fraction of sp³-hybridized carbons (Fsp3) is 0.133. The summed E-state index contributed by atoms with van der Waals surface area (Å²) in [5.74, 6) is 0.478. The van der Waals surface area contributed by atoms with Gasteiger partial charge in [-0.1, -0.05) is 6.07 Å². The minimum Gasteiger partial charge on any atom is -0.618 e. The molecule has 0 spiro atoms.